The molecule has 19 heavy (non-hydrogen) atoms. The van der Waals surface area contributed by atoms with E-state index in [1.165, 1.54) is 4.57 Å². The minimum Gasteiger partial charge on any atom is -0.408 e. The van der Waals surface area contributed by atoms with Crippen LogP contribution < -0.4 is 11.5 Å². The predicted molar refractivity (Wildman–Crippen MR) is 76.1 cm³/mol. The van der Waals surface area contributed by atoms with Crippen molar-refractivity contribution in [1.29, 1.82) is 0 Å². The maximum Gasteiger partial charge on any atom is 0.419 e. The maximum atomic E-state index is 11.4. The zero-order chi connectivity index (χ0) is 14.2. The van der Waals surface area contributed by atoms with Crippen LogP contribution >= 0.6 is 0 Å². The Kier molecular flexibility index (Phi) is 3.52. The van der Waals surface area contributed by atoms with Crippen LogP contribution in [-0.4, -0.2) is 28.6 Å². The van der Waals surface area contributed by atoms with Crippen LogP contribution in [0.2, 0.25) is 0 Å². The molecule has 0 aliphatic heterocycles. The number of rotatable bonds is 4. The molecule has 5 heteroatoms. The highest BCUT2D eigenvalue weighted by Gasteiger charge is 2.21. The molecule has 0 atom stereocenters. The average molecular weight is 263 g/mol. The molecule has 0 fully saturated rings. The molecule has 0 aliphatic rings. The van der Waals surface area contributed by atoms with Crippen molar-refractivity contribution in [2.75, 3.05) is 13.6 Å². The summed E-state index contributed by atoms with van der Waals surface area (Å²) < 4.78 is 6.70. The number of benzene rings is 1. The van der Waals surface area contributed by atoms with Gasteiger partial charge in [0.1, 0.15) is 0 Å². The predicted octanol–water partition coefficient (Wildman–Crippen LogP) is 1.30. The molecular formula is C14H21N3O2. The lowest BCUT2D eigenvalue weighted by atomic mass is 10.0. The minimum atomic E-state index is -0.331. The van der Waals surface area contributed by atoms with Crippen molar-refractivity contribution < 1.29 is 4.42 Å². The van der Waals surface area contributed by atoms with Crippen molar-refractivity contribution in [3.8, 4) is 0 Å². The van der Waals surface area contributed by atoms with Crippen LogP contribution in [0.3, 0.4) is 0 Å². The van der Waals surface area contributed by atoms with E-state index in [1.54, 1.807) is 7.05 Å². The summed E-state index contributed by atoms with van der Waals surface area (Å²) in [6, 6.07) is 5.85. The van der Waals surface area contributed by atoms with E-state index >= 15 is 0 Å². The first-order valence-corrected chi connectivity index (χ1v) is 6.35. The number of fused-ring (bicyclic) bond motifs is 1. The van der Waals surface area contributed by atoms with Gasteiger partial charge in [-0.3, -0.25) is 9.47 Å². The summed E-state index contributed by atoms with van der Waals surface area (Å²) in [5.41, 5.74) is 8.25. The summed E-state index contributed by atoms with van der Waals surface area (Å²) in [5.74, 6) is -0.331. The molecule has 0 unspecified atom stereocenters. The van der Waals surface area contributed by atoms with Crippen molar-refractivity contribution in [1.82, 2.24) is 9.47 Å². The van der Waals surface area contributed by atoms with Gasteiger partial charge in [0.2, 0.25) is 0 Å². The highest BCUT2D eigenvalue weighted by atomic mass is 16.4. The van der Waals surface area contributed by atoms with Crippen LogP contribution in [0.1, 0.15) is 19.4 Å². The molecule has 0 aliphatic carbocycles. The lowest BCUT2D eigenvalue weighted by Gasteiger charge is -2.34. The quantitative estimate of drug-likeness (QED) is 0.903. The minimum absolute atomic E-state index is 0.0630. The SMILES string of the molecule is CN(Cc1ccc2c(c1)oc(=O)n2C)C(C)(C)CN. The Morgan fingerprint density at radius 3 is 2.74 bits per heavy atom. The third-order valence-corrected chi connectivity index (χ3v) is 3.81. The van der Waals surface area contributed by atoms with Gasteiger partial charge >= 0.3 is 5.76 Å². The number of hydrogen-bond acceptors (Lipinski definition) is 4. The zero-order valence-corrected chi connectivity index (χ0v) is 11.9. The first-order valence-electron chi connectivity index (χ1n) is 6.35. The maximum absolute atomic E-state index is 11.4. The summed E-state index contributed by atoms with van der Waals surface area (Å²) in [6.07, 6.45) is 0. The van der Waals surface area contributed by atoms with Crippen LogP contribution in [0.25, 0.3) is 11.1 Å². The molecule has 5 nitrogen and oxygen atoms in total. The Bertz CT molecular complexity index is 640. The number of oxazole rings is 1. The molecule has 0 saturated carbocycles. The Morgan fingerprint density at radius 1 is 1.42 bits per heavy atom. The molecular weight excluding hydrogens is 242 g/mol. The Labute approximate surface area is 112 Å². The van der Waals surface area contributed by atoms with Crippen molar-refractivity contribution in [3.63, 3.8) is 0 Å². The fourth-order valence-electron chi connectivity index (χ4n) is 1.92. The fourth-order valence-corrected chi connectivity index (χ4v) is 1.92. The van der Waals surface area contributed by atoms with Gasteiger partial charge < -0.3 is 10.2 Å². The smallest absolute Gasteiger partial charge is 0.408 e. The highest BCUT2D eigenvalue weighted by molar-refractivity contribution is 5.73. The summed E-state index contributed by atoms with van der Waals surface area (Å²) in [5, 5.41) is 0. The second kappa shape index (κ2) is 4.83. The lowest BCUT2D eigenvalue weighted by molar-refractivity contribution is 0.156. The van der Waals surface area contributed by atoms with Gasteiger partial charge in [-0.2, -0.15) is 0 Å². The first kappa shape index (κ1) is 13.8. The molecule has 0 bridgehead atoms. The van der Waals surface area contributed by atoms with Crippen molar-refractivity contribution in [2.45, 2.75) is 25.9 Å². The molecule has 2 N–H and O–H groups in total. The Hall–Kier alpha value is -1.59. The number of aromatic nitrogens is 1. The molecule has 0 radical (unpaired) electrons. The van der Waals surface area contributed by atoms with Crippen LogP contribution in [0.15, 0.2) is 27.4 Å². The van der Waals surface area contributed by atoms with Gasteiger partial charge in [-0.15, -0.1) is 0 Å². The Balaban J connectivity index is 2.30. The molecule has 104 valence electrons. The number of nitrogens with zero attached hydrogens (tertiary/aromatic N) is 2. The molecule has 0 spiro atoms. The largest absolute Gasteiger partial charge is 0.419 e. The van der Waals surface area contributed by atoms with Gasteiger partial charge in [0.25, 0.3) is 0 Å². The van der Waals surface area contributed by atoms with Gasteiger partial charge in [-0.25, -0.2) is 4.79 Å². The van der Waals surface area contributed by atoms with Gasteiger partial charge in [0.05, 0.1) is 5.52 Å². The van der Waals surface area contributed by atoms with Gasteiger partial charge in [-0.1, -0.05) is 6.07 Å². The van der Waals surface area contributed by atoms with Crippen molar-refractivity contribution in [2.24, 2.45) is 12.8 Å². The summed E-state index contributed by atoms with van der Waals surface area (Å²) in [4.78, 5) is 13.6. The molecule has 0 amide bonds. The van der Waals surface area contributed by atoms with Gasteiger partial charge in [0, 0.05) is 25.7 Å². The monoisotopic (exact) mass is 263 g/mol. The van der Waals surface area contributed by atoms with Gasteiger partial charge in [-0.05, 0) is 38.6 Å². The number of hydrogen-bond donors (Lipinski definition) is 1. The van der Waals surface area contributed by atoms with E-state index in [4.69, 9.17) is 10.2 Å². The van der Waals surface area contributed by atoms with E-state index in [-0.39, 0.29) is 11.3 Å². The normalized spacial score (nSPS) is 12.5. The van der Waals surface area contributed by atoms with Crippen LogP contribution in [0.5, 0.6) is 0 Å². The van der Waals surface area contributed by atoms with Crippen molar-refractivity contribution in [3.05, 3.63) is 34.3 Å². The van der Waals surface area contributed by atoms with E-state index in [9.17, 15) is 4.79 Å². The third kappa shape index (κ3) is 2.57. The number of likely N-dealkylation sites (N-methyl/N-ethyl adjacent to an activating group) is 1. The standard InChI is InChI=1S/C14H21N3O2/c1-14(2,9-15)16(3)8-10-5-6-11-12(7-10)19-13(18)17(11)4/h5-7H,8-9,15H2,1-4H3. The number of aryl methyl sites for hydroxylation is 1. The van der Waals surface area contributed by atoms with E-state index in [2.05, 4.69) is 18.7 Å². The summed E-state index contributed by atoms with van der Waals surface area (Å²) in [6.45, 7) is 5.56. The molecule has 2 rings (SSSR count). The van der Waals surface area contributed by atoms with Crippen LogP contribution in [0.4, 0.5) is 0 Å². The number of nitrogens with two attached hydrogens (primary N) is 1. The Morgan fingerprint density at radius 2 is 2.11 bits per heavy atom. The topological polar surface area (TPSA) is 64.4 Å². The lowest BCUT2D eigenvalue weighted by Crippen LogP contribution is -2.46. The molecule has 1 aromatic carbocycles. The summed E-state index contributed by atoms with van der Waals surface area (Å²) >= 11 is 0. The molecule has 1 heterocycles. The van der Waals surface area contributed by atoms with Crippen molar-refractivity contribution >= 4 is 11.1 Å². The van der Waals surface area contributed by atoms with E-state index in [0.29, 0.717) is 12.1 Å². The molecule has 0 saturated heterocycles. The summed E-state index contributed by atoms with van der Waals surface area (Å²) in [7, 11) is 3.75. The van der Waals surface area contributed by atoms with E-state index in [0.717, 1.165) is 17.6 Å². The third-order valence-electron chi connectivity index (χ3n) is 3.81. The highest BCUT2D eigenvalue weighted by Crippen LogP contribution is 2.18. The molecule has 1 aromatic heterocycles. The first-order chi connectivity index (χ1) is 8.85. The van der Waals surface area contributed by atoms with E-state index in [1.807, 2.05) is 25.2 Å². The van der Waals surface area contributed by atoms with Crippen LogP contribution in [0, 0.1) is 0 Å². The van der Waals surface area contributed by atoms with E-state index < -0.39 is 0 Å². The fraction of sp³-hybridized carbons (Fsp3) is 0.500. The molecule has 2 aromatic rings. The zero-order valence-electron chi connectivity index (χ0n) is 11.9. The van der Waals surface area contributed by atoms with Crippen LogP contribution in [-0.2, 0) is 13.6 Å². The second-order valence-electron chi connectivity index (χ2n) is 5.60. The second-order valence-corrected chi connectivity index (χ2v) is 5.60. The average Bonchev–Trinajstić information content (AvgIpc) is 2.64. The van der Waals surface area contributed by atoms with Gasteiger partial charge in [0.15, 0.2) is 5.58 Å².